The molecule has 2 rings (SSSR count). The Hall–Kier alpha value is -1.08. The number of carboxylic acids is 1. The van der Waals surface area contributed by atoms with Gasteiger partial charge in [-0.3, -0.25) is 0 Å². The molecule has 2 amide bonds. The zero-order valence-electron chi connectivity index (χ0n) is 9.53. The molecule has 0 spiro atoms. The molecule has 1 aromatic heterocycles. The largest absolute Gasteiger partial charge is 0.480 e. The van der Waals surface area contributed by atoms with Crippen LogP contribution in [0.2, 0.25) is 0 Å². The van der Waals surface area contributed by atoms with Crippen LogP contribution in [0.25, 0.3) is 0 Å². The van der Waals surface area contributed by atoms with Gasteiger partial charge in [0, 0.05) is 4.88 Å². The van der Waals surface area contributed by atoms with Crippen LogP contribution in [0.15, 0.2) is 15.9 Å². The molecule has 1 fully saturated rings. The molecule has 0 bridgehead atoms. The number of aliphatic carboxylic acids is 1. The standard InChI is InChI=1S/C11H13BrN2O3S/c12-8-3-2-7(18-8)6-13-10(17)14-11(9(15)16)4-1-5-11/h2-3H,1,4-6H2,(H,15,16)(H2,13,14,17). The van der Waals surface area contributed by atoms with Crippen LogP contribution in [0.3, 0.4) is 0 Å². The first-order valence-corrected chi connectivity index (χ1v) is 7.16. The Morgan fingerprint density at radius 1 is 1.44 bits per heavy atom. The summed E-state index contributed by atoms with van der Waals surface area (Å²) in [6.45, 7) is 0.401. The van der Waals surface area contributed by atoms with Crippen molar-refractivity contribution in [2.75, 3.05) is 0 Å². The third-order valence-corrected chi connectivity index (χ3v) is 4.64. The molecule has 0 aliphatic heterocycles. The van der Waals surface area contributed by atoms with Gasteiger partial charge in [-0.15, -0.1) is 11.3 Å². The van der Waals surface area contributed by atoms with Crippen LogP contribution >= 0.6 is 27.3 Å². The average Bonchev–Trinajstić information content (AvgIpc) is 2.66. The third kappa shape index (κ3) is 2.84. The first kappa shape index (κ1) is 13.4. The Morgan fingerprint density at radius 2 is 2.17 bits per heavy atom. The number of amides is 2. The molecule has 3 N–H and O–H groups in total. The molecule has 5 nitrogen and oxygen atoms in total. The van der Waals surface area contributed by atoms with Gasteiger partial charge >= 0.3 is 12.0 Å². The topological polar surface area (TPSA) is 78.4 Å². The summed E-state index contributed by atoms with van der Waals surface area (Å²) in [5.41, 5.74) is -1.06. The van der Waals surface area contributed by atoms with Crippen molar-refractivity contribution in [3.05, 3.63) is 20.8 Å². The second-order valence-corrected chi connectivity index (χ2v) is 6.80. The molecule has 0 radical (unpaired) electrons. The van der Waals surface area contributed by atoms with Crippen molar-refractivity contribution >= 4 is 39.3 Å². The lowest BCUT2D eigenvalue weighted by atomic mass is 9.77. The molecule has 1 saturated carbocycles. The number of thiophene rings is 1. The van der Waals surface area contributed by atoms with Crippen LogP contribution in [-0.2, 0) is 11.3 Å². The summed E-state index contributed by atoms with van der Waals surface area (Å²) in [4.78, 5) is 23.7. The monoisotopic (exact) mass is 332 g/mol. The summed E-state index contributed by atoms with van der Waals surface area (Å²) in [5, 5.41) is 14.3. The minimum atomic E-state index is -1.06. The smallest absolute Gasteiger partial charge is 0.329 e. The lowest BCUT2D eigenvalue weighted by Crippen LogP contribution is -2.61. The predicted octanol–water partition coefficient (Wildman–Crippen LogP) is 2.32. The Bertz CT molecular complexity index is 471. The summed E-state index contributed by atoms with van der Waals surface area (Å²) in [6, 6.07) is 3.39. The highest BCUT2D eigenvalue weighted by Crippen LogP contribution is 2.31. The molecule has 0 unspecified atom stereocenters. The Balaban J connectivity index is 1.83. The summed E-state index contributed by atoms with van der Waals surface area (Å²) >= 11 is 4.87. The predicted molar refractivity (Wildman–Crippen MR) is 71.6 cm³/mol. The number of rotatable bonds is 4. The Labute approximate surface area is 117 Å². The molecular formula is C11H13BrN2O3S. The van der Waals surface area contributed by atoms with E-state index in [9.17, 15) is 9.59 Å². The van der Waals surface area contributed by atoms with Gasteiger partial charge in [0.05, 0.1) is 10.3 Å². The molecule has 18 heavy (non-hydrogen) atoms. The van der Waals surface area contributed by atoms with E-state index in [2.05, 4.69) is 26.6 Å². The molecule has 0 aromatic carbocycles. The van der Waals surface area contributed by atoms with Crippen molar-refractivity contribution in [3.63, 3.8) is 0 Å². The van der Waals surface area contributed by atoms with Gasteiger partial charge in [0.15, 0.2) is 0 Å². The van der Waals surface area contributed by atoms with Gasteiger partial charge in [0.25, 0.3) is 0 Å². The second-order valence-electron chi connectivity index (χ2n) is 4.25. The first-order chi connectivity index (χ1) is 8.52. The van der Waals surface area contributed by atoms with Gasteiger partial charge in [-0.05, 0) is 47.3 Å². The van der Waals surface area contributed by atoms with Gasteiger partial charge in [-0.25, -0.2) is 9.59 Å². The second kappa shape index (κ2) is 5.27. The first-order valence-electron chi connectivity index (χ1n) is 5.55. The van der Waals surface area contributed by atoms with E-state index in [-0.39, 0.29) is 0 Å². The van der Waals surface area contributed by atoms with E-state index in [1.54, 1.807) is 0 Å². The van der Waals surface area contributed by atoms with Crippen LogP contribution in [0.4, 0.5) is 4.79 Å². The highest BCUT2D eigenvalue weighted by Gasteiger charge is 2.45. The van der Waals surface area contributed by atoms with Crippen molar-refractivity contribution in [2.24, 2.45) is 0 Å². The third-order valence-electron chi connectivity index (χ3n) is 3.02. The van der Waals surface area contributed by atoms with Crippen LogP contribution in [0.1, 0.15) is 24.1 Å². The molecule has 1 aromatic rings. The van der Waals surface area contributed by atoms with Gasteiger partial charge < -0.3 is 15.7 Å². The number of hydrogen-bond acceptors (Lipinski definition) is 3. The average molecular weight is 333 g/mol. The van der Waals surface area contributed by atoms with Crippen LogP contribution < -0.4 is 10.6 Å². The van der Waals surface area contributed by atoms with Crippen LogP contribution in [0.5, 0.6) is 0 Å². The molecular weight excluding hydrogens is 320 g/mol. The van der Waals surface area contributed by atoms with Gasteiger partial charge in [0.2, 0.25) is 0 Å². The zero-order chi connectivity index (χ0) is 13.2. The highest BCUT2D eigenvalue weighted by atomic mass is 79.9. The van der Waals surface area contributed by atoms with Crippen LogP contribution in [0, 0.1) is 0 Å². The lowest BCUT2D eigenvalue weighted by molar-refractivity contribution is -0.148. The molecule has 98 valence electrons. The van der Waals surface area contributed by atoms with E-state index in [0.29, 0.717) is 19.4 Å². The zero-order valence-corrected chi connectivity index (χ0v) is 11.9. The lowest BCUT2D eigenvalue weighted by Gasteiger charge is -2.38. The summed E-state index contributed by atoms with van der Waals surface area (Å²) < 4.78 is 1.00. The van der Waals surface area contributed by atoms with E-state index in [0.717, 1.165) is 15.1 Å². The van der Waals surface area contributed by atoms with Crippen molar-refractivity contribution in [2.45, 2.75) is 31.3 Å². The van der Waals surface area contributed by atoms with Crippen molar-refractivity contribution in [1.82, 2.24) is 10.6 Å². The normalized spacial score (nSPS) is 16.7. The minimum absolute atomic E-state index is 0.401. The van der Waals surface area contributed by atoms with E-state index in [1.807, 2.05) is 12.1 Å². The Morgan fingerprint density at radius 3 is 2.61 bits per heavy atom. The maximum absolute atomic E-state index is 11.6. The molecule has 1 heterocycles. The molecule has 7 heteroatoms. The number of urea groups is 1. The number of hydrogen-bond donors (Lipinski definition) is 3. The van der Waals surface area contributed by atoms with E-state index in [4.69, 9.17) is 5.11 Å². The summed E-state index contributed by atoms with van der Waals surface area (Å²) in [5.74, 6) is -0.956. The SMILES string of the molecule is O=C(NCc1ccc(Br)s1)NC1(C(=O)O)CCC1. The molecule has 1 aliphatic rings. The minimum Gasteiger partial charge on any atom is -0.480 e. The van der Waals surface area contributed by atoms with E-state index < -0.39 is 17.5 Å². The van der Waals surface area contributed by atoms with E-state index in [1.165, 1.54) is 11.3 Å². The number of nitrogens with one attached hydrogen (secondary N) is 2. The van der Waals surface area contributed by atoms with Crippen LogP contribution in [-0.4, -0.2) is 22.6 Å². The van der Waals surface area contributed by atoms with Gasteiger partial charge in [0.1, 0.15) is 5.54 Å². The van der Waals surface area contributed by atoms with Crippen molar-refractivity contribution in [1.29, 1.82) is 0 Å². The number of carbonyl (C=O) groups is 2. The Kier molecular flexibility index (Phi) is 3.91. The maximum Gasteiger partial charge on any atom is 0.329 e. The summed E-state index contributed by atoms with van der Waals surface area (Å²) in [7, 11) is 0. The quantitative estimate of drug-likeness (QED) is 0.791. The van der Waals surface area contributed by atoms with Gasteiger partial charge in [-0.2, -0.15) is 0 Å². The van der Waals surface area contributed by atoms with E-state index >= 15 is 0 Å². The maximum atomic E-state index is 11.6. The number of halogens is 1. The fourth-order valence-electron chi connectivity index (χ4n) is 1.80. The number of carboxylic acid groups (broad SMARTS) is 1. The highest BCUT2D eigenvalue weighted by molar-refractivity contribution is 9.11. The molecule has 0 atom stereocenters. The van der Waals surface area contributed by atoms with Crippen molar-refractivity contribution in [3.8, 4) is 0 Å². The van der Waals surface area contributed by atoms with Gasteiger partial charge in [-0.1, -0.05) is 0 Å². The summed E-state index contributed by atoms with van der Waals surface area (Å²) in [6.07, 6.45) is 1.84. The fourth-order valence-corrected chi connectivity index (χ4v) is 3.22. The fraction of sp³-hybridized carbons (Fsp3) is 0.455. The van der Waals surface area contributed by atoms with Crippen molar-refractivity contribution < 1.29 is 14.7 Å². The molecule has 1 aliphatic carbocycles. The number of carbonyl (C=O) groups excluding carboxylic acids is 1. The molecule has 0 saturated heterocycles.